The molecule has 0 radical (unpaired) electrons. The summed E-state index contributed by atoms with van der Waals surface area (Å²) in [5.41, 5.74) is 2.72. The largest absolute Gasteiger partial charge is 0.396 e. The zero-order valence-electron chi connectivity index (χ0n) is 11.2. The maximum absolute atomic E-state index is 8.70. The molecule has 1 rings (SSSR count). The third-order valence-electron chi connectivity index (χ3n) is 3.14. The molecule has 0 saturated carbocycles. The quantitative estimate of drug-likeness (QED) is 0.711. The summed E-state index contributed by atoms with van der Waals surface area (Å²) in [7, 11) is 0. The van der Waals surface area contributed by atoms with Gasteiger partial charge in [-0.15, -0.1) is 0 Å². The second-order valence-corrected chi connectivity index (χ2v) is 4.93. The lowest BCUT2D eigenvalue weighted by Gasteiger charge is -2.15. The van der Waals surface area contributed by atoms with Gasteiger partial charge >= 0.3 is 0 Å². The first kappa shape index (κ1) is 14.2. The molecule has 0 aliphatic carbocycles. The molecule has 0 aliphatic heterocycles. The highest BCUT2D eigenvalue weighted by Crippen LogP contribution is 2.18. The number of benzene rings is 1. The first-order chi connectivity index (χ1) is 8.15. The highest BCUT2D eigenvalue weighted by Gasteiger charge is 2.05. The third-order valence-corrected chi connectivity index (χ3v) is 3.14. The van der Waals surface area contributed by atoms with Crippen molar-refractivity contribution in [1.82, 2.24) is 5.32 Å². The van der Waals surface area contributed by atoms with E-state index in [2.05, 4.69) is 50.4 Å². The van der Waals surface area contributed by atoms with Gasteiger partial charge < -0.3 is 10.4 Å². The lowest BCUT2D eigenvalue weighted by molar-refractivity contribution is 0.283. The summed E-state index contributed by atoms with van der Waals surface area (Å²) in [6.07, 6.45) is 1.91. The summed E-state index contributed by atoms with van der Waals surface area (Å²) in [6, 6.07) is 9.23. The number of aliphatic hydroxyl groups excluding tert-OH is 1. The first-order valence-corrected chi connectivity index (χ1v) is 6.59. The number of hydrogen-bond donors (Lipinski definition) is 2. The van der Waals surface area contributed by atoms with Crippen molar-refractivity contribution in [2.24, 2.45) is 0 Å². The van der Waals surface area contributed by atoms with Crippen LogP contribution in [0.2, 0.25) is 0 Å². The fourth-order valence-corrected chi connectivity index (χ4v) is 1.84. The topological polar surface area (TPSA) is 32.3 Å². The molecule has 0 spiro atoms. The van der Waals surface area contributed by atoms with E-state index in [0.717, 1.165) is 19.4 Å². The van der Waals surface area contributed by atoms with E-state index in [1.807, 2.05) is 0 Å². The molecule has 2 N–H and O–H groups in total. The number of hydrogen-bond acceptors (Lipinski definition) is 2. The lowest BCUT2D eigenvalue weighted by Crippen LogP contribution is -2.20. The number of aliphatic hydroxyl groups is 1. The first-order valence-electron chi connectivity index (χ1n) is 6.59. The number of nitrogens with one attached hydrogen (secondary N) is 1. The Balaban J connectivity index is 2.43. The van der Waals surface area contributed by atoms with Crippen LogP contribution in [0, 0.1) is 0 Å². The molecule has 0 fully saturated rings. The van der Waals surface area contributed by atoms with Crippen LogP contribution in [-0.4, -0.2) is 18.3 Å². The van der Waals surface area contributed by atoms with Crippen molar-refractivity contribution in [3.8, 4) is 0 Å². The van der Waals surface area contributed by atoms with Crippen LogP contribution in [0.4, 0.5) is 0 Å². The Morgan fingerprint density at radius 3 is 2.12 bits per heavy atom. The van der Waals surface area contributed by atoms with Crippen LogP contribution in [0.1, 0.15) is 56.7 Å². The van der Waals surface area contributed by atoms with Gasteiger partial charge in [0.25, 0.3) is 0 Å². The smallest absolute Gasteiger partial charge is 0.0431 e. The van der Waals surface area contributed by atoms with Gasteiger partial charge in [-0.1, -0.05) is 38.1 Å². The normalized spacial score (nSPS) is 13.0. The SMILES string of the molecule is CC(C)c1ccc(C(C)NCCCCO)cc1. The molecule has 1 atom stereocenters. The molecule has 0 saturated heterocycles. The van der Waals surface area contributed by atoms with Gasteiger partial charge in [-0.25, -0.2) is 0 Å². The number of unbranched alkanes of at least 4 members (excludes halogenated alkanes) is 1. The van der Waals surface area contributed by atoms with Crippen molar-refractivity contribution in [3.63, 3.8) is 0 Å². The van der Waals surface area contributed by atoms with Gasteiger partial charge in [0.05, 0.1) is 0 Å². The molecule has 0 amide bonds. The Hall–Kier alpha value is -0.860. The van der Waals surface area contributed by atoms with Crippen LogP contribution in [-0.2, 0) is 0 Å². The summed E-state index contributed by atoms with van der Waals surface area (Å²) >= 11 is 0. The molecule has 1 aromatic carbocycles. The van der Waals surface area contributed by atoms with Crippen molar-refractivity contribution in [3.05, 3.63) is 35.4 Å². The summed E-state index contributed by atoms with van der Waals surface area (Å²) in [4.78, 5) is 0. The van der Waals surface area contributed by atoms with E-state index in [-0.39, 0.29) is 0 Å². The van der Waals surface area contributed by atoms with Gasteiger partial charge in [0, 0.05) is 12.6 Å². The van der Waals surface area contributed by atoms with Gasteiger partial charge in [-0.2, -0.15) is 0 Å². The summed E-state index contributed by atoms with van der Waals surface area (Å²) in [6.45, 7) is 7.87. The molecular formula is C15H25NO. The van der Waals surface area contributed by atoms with Crippen LogP contribution in [0.3, 0.4) is 0 Å². The molecule has 1 aromatic rings. The molecular weight excluding hydrogens is 210 g/mol. The second-order valence-electron chi connectivity index (χ2n) is 4.93. The minimum Gasteiger partial charge on any atom is -0.396 e. The molecule has 0 heterocycles. The molecule has 0 aliphatic rings. The van der Waals surface area contributed by atoms with E-state index in [0.29, 0.717) is 18.6 Å². The van der Waals surface area contributed by atoms with Gasteiger partial charge in [0.15, 0.2) is 0 Å². The lowest BCUT2D eigenvalue weighted by atomic mass is 9.99. The highest BCUT2D eigenvalue weighted by molar-refractivity contribution is 5.26. The van der Waals surface area contributed by atoms with Crippen LogP contribution < -0.4 is 5.32 Å². The Morgan fingerprint density at radius 2 is 1.59 bits per heavy atom. The fraction of sp³-hybridized carbons (Fsp3) is 0.600. The minimum absolute atomic E-state index is 0.291. The van der Waals surface area contributed by atoms with Crippen molar-refractivity contribution in [1.29, 1.82) is 0 Å². The Labute approximate surface area is 105 Å². The van der Waals surface area contributed by atoms with Gasteiger partial charge in [0.2, 0.25) is 0 Å². The molecule has 0 aromatic heterocycles. The van der Waals surface area contributed by atoms with Crippen LogP contribution in [0.25, 0.3) is 0 Å². The fourth-order valence-electron chi connectivity index (χ4n) is 1.84. The van der Waals surface area contributed by atoms with E-state index in [1.54, 1.807) is 0 Å². The maximum atomic E-state index is 8.70. The van der Waals surface area contributed by atoms with Crippen LogP contribution in [0.15, 0.2) is 24.3 Å². The maximum Gasteiger partial charge on any atom is 0.0431 e. The van der Waals surface area contributed by atoms with Gasteiger partial charge in [0.1, 0.15) is 0 Å². The number of rotatable bonds is 7. The zero-order valence-corrected chi connectivity index (χ0v) is 11.2. The predicted octanol–water partition coefficient (Wildman–Crippen LogP) is 3.23. The summed E-state index contributed by atoms with van der Waals surface area (Å²) in [5.74, 6) is 0.594. The standard InChI is InChI=1S/C15H25NO/c1-12(2)14-6-8-15(9-7-14)13(3)16-10-4-5-11-17/h6-9,12-13,16-17H,4-5,10-11H2,1-3H3. The predicted molar refractivity (Wildman–Crippen MR) is 73.3 cm³/mol. The van der Waals surface area contributed by atoms with E-state index < -0.39 is 0 Å². The van der Waals surface area contributed by atoms with Crippen molar-refractivity contribution in [2.75, 3.05) is 13.2 Å². The molecule has 1 unspecified atom stereocenters. The summed E-state index contributed by atoms with van der Waals surface area (Å²) < 4.78 is 0. The van der Waals surface area contributed by atoms with Crippen LogP contribution in [0.5, 0.6) is 0 Å². The second kappa shape index (κ2) is 7.46. The molecule has 2 nitrogen and oxygen atoms in total. The molecule has 96 valence electrons. The van der Waals surface area contributed by atoms with E-state index >= 15 is 0 Å². The average molecular weight is 235 g/mol. The van der Waals surface area contributed by atoms with Crippen molar-refractivity contribution >= 4 is 0 Å². The third kappa shape index (κ3) is 4.88. The molecule has 2 heteroatoms. The average Bonchev–Trinajstić information content (AvgIpc) is 2.34. The molecule has 17 heavy (non-hydrogen) atoms. The van der Waals surface area contributed by atoms with Gasteiger partial charge in [-0.3, -0.25) is 0 Å². The summed E-state index contributed by atoms with van der Waals surface area (Å²) in [5, 5.41) is 12.2. The monoisotopic (exact) mass is 235 g/mol. The Bertz CT molecular complexity index is 305. The van der Waals surface area contributed by atoms with E-state index in [4.69, 9.17) is 5.11 Å². The minimum atomic E-state index is 0.291. The van der Waals surface area contributed by atoms with Crippen molar-refractivity contribution in [2.45, 2.75) is 45.6 Å². The van der Waals surface area contributed by atoms with E-state index in [9.17, 15) is 0 Å². The highest BCUT2D eigenvalue weighted by atomic mass is 16.2. The van der Waals surface area contributed by atoms with Gasteiger partial charge in [-0.05, 0) is 43.4 Å². The molecule has 0 bridgehead atoms. The Kier molecular flexibility index (Phi) is 6.23. The van der Waals surface area contributed by atoms with Crippen molar-refractivity contribution < 1.29 is 5.11 Å². The van der Waals surface area contributed by atoms with Crippen LogP contribution >= 0.6 is 0 Å². The van der Waals surface area contributed by atoms with E-state index in [1.165, 1.54) is 11.1 Å². The zero-order chi connectivity index (χ0) is 12.7. The Morgan fingerprint density at radius 1 is 1.00 bits per heavy atom.